The van der Waals surface area contributed by atoms with Crippen LogP contribution >= 0.6 is 0 Å². The Hall–Kier alpha value is -3.33. The molecule has 0 aliphatic carbocycles. The highest BCUT2D eigenvalue weighted by molar-refractivity contribution is 5.86. The van der Waals surface area contributed by atoms with Gasteiger partial charge in [-0.1, -0.05) is 72.3 Å². The zero-order chi connectivity index (χ0) is 21.4. The van der Waals surface area contributed by atoms with Crippen molar-refractivity contribution in [2.24, 2.45) is 7.05 Å². The second-order valence-electron chi connectivity index (χ2n) is 8.71. The summed E-state index contributed by atoms with van der Waals surface area (Å²) in [6.45, 7) is 3.62. The van der Waals surface area contributed by atoms with Gasteiger partial charge in [0, 0.05) is 49.6 Å². The van der Waals surface area contributed by atoms with Crippen molar-refractivity contribution >= 4 is 16.8 Å². The first-order valence-corrected chi connectivity index (χ1v) is 11.1. The van der Waals surface area contributed by atoms with Crippen molar-refractivity contribution in [1.29, 1.82) is 0 Å². The van der Waals surface area contributed by atoms with E-state index < -0.39 is 0 Å². The van der Waals surface area contributed by atoms with E-state index in [1.807, 2.05) is 4.90 Å². The van der Waals surface area contributed by atoms with Gasteiger partial charge in [-0.15, -0.1) is 0 Å². The van der Waals surface area contributed by atoms with Gasteiger partial charge in [0.1, 0.15) is 0 Å². The van der Waals surface area contributed by atoms with E-state index in [1.165, 1.54) is 38.7 Å². The SMILES string of the molecule is Cc1ccc(C(CC(=O)N2CCc3ccccc3C2)c2cn(C)c3ccccc23)cc1. The van der Waals surface area contributed by atoms with Crippen molar-refractivity contribution < 1.29 is 4.79 Å². The molecule has 2 heterocycles. The van der Waals surface area contributed by atoms with Crippen LogP contribution in [0.5, 0.6) is 0 Å². The fourth-order valence-corrected chi connectivity index (χ4v) is 4.87. The normalized spacial score (nSPS) is 14.5. The van der Waals surface area contributed by atoms with Crippen LogP contribution in [-0.4, -0.2) is 21.9 Å². The second-order valence-corrected chi connectivity index (χ2v) is 8.71. The summed E-state index contributed by atoms with van der Waals surface area (Å²) in [5, 5.41) is 1.23. The van der Waals surface area contributed by atoms with Gasteiger partial charge < -0.3 is 9.47 Å². The van der Waals surface area contributed by atoms with Crippen molar-refractivity contribution in [3.8, 4) is 0 Å². The Kier molecular flexibility index (Phi) is 5.11. The maximum absolute atomic E-state index is 13.5. The van der Waals surface area contributed by atoms with E-state index in [9.17, 15) is 4.79 Å². The summed E-state index contributed by atoms with van der Waals surface area (Å²) in [6, 6.07) is 25.6. The molecule has 3 heteroatoms. The van der Waals surface area contributed by atoms with Crippen molar-refractivity contribution in [2.45, 2.75) is 32.2 Å². The molecule has 0 N–H and O–H groups in total. The summed E-state index contributed by atoms with van der Waals surface area (Å²) in [7, 11) is 2.08. The van der Waals surface area contributed by atoms with Crippen LogP contribution in [0.2, 0.25) is 0 Å². The average molecular weight is 409 g/mol. The molecule has 3 aromatic carbocycles. The van der Waals surface area contributed by atoms with Gasteiger partial charge in [-0.2, -0.15) is 0 Å². The minimum atomic E-state index is 0.0383. The molecule has 31 heavy (non-hydrogen) atoms. The third kappa shape index (κ3) is 3.76. The largest absolute Gasteiger partial charge is 0.350 e. The number of amides is 1. The number of para-hydroxylation sites is 1. The van der Waals surface area contributed by atoms with Crippen LogP contribution in [0, 0.1) is 6.92 Å². The van der Waals surface area contributed by atoms with Gasteiger partial charge in [-0.05, 0) is 41.7 Å². The minimum absolute atomic E-state index is 0.0383. The monoisotopic (exact) mass is 408 g/mol. The molecule has 0 saturated heterocycles. The van der Waals surface area contributed by atoms with Crippen molar-refractivity contribution in [2.75, 3.05) is 6.54 Å². The molecule has 0 fully saturated rings. The fraction of sp³-hybridized carbons (Fsp3) is 0.250. The lowest BCUT2D eigenvalue weighted by atomic mass is 9.87. The third-order valence-corrected chi connectivity index (χ3v) is 6.65. The number of carbonyl (C=O) groups is 1. The highest BCUT2D eigenvalue weighted by Gasteiger charge is 2.26. The summed E-state index contributed by atoms with van der Waals surface area (Å²) in [5.41, 5.74) is 7.52. The van der Waals surface area contributed by atoms with E-state index in [0.29, 0.717) is 13.0 Å². The Morgan fingerprint density at radius 1 is 0.935 bits per heavy atom. The molecule has 0 radical (unpaired) electrons. The molecule has 1 aliphatic rings. The Bertz CT molecular complexity index is 1240. The number of fused-ring (bicyclic) bond motifs is 2. The molecule has 5 rings (SSSR count). The van der Waals surface area contributed by atoms with Crippen LogP contribution < -0.4 is 0 Å². The third-order valence-electron chi connectivity index (χ3n) is 6.65. The maximum atomic E-state index is 13.5. The van der Waals surface area contributed by atoms with Crippen LogP contribution in [0.15, 0.2) is 79.0 Å². The number of carbonyl (C=O) groups excluding carboxylic acids is 1. The standard InChI is InChI=1S/C28H28N2O/c1-20-11-13-22(14-12-20)25(26-19-29(2)27-10-6-5-9-24(26)27)17-28(31)30-16-15-21-7-3-4-8-23(21)18-30/h3-14,19,25H,15-18H2,1-2H3. The van der Waals surface area contributed by atoms with Crippen LogP contribution in [0.25, 0.3) is 10.9 Å². The van der Waals surface area contributed by atoms with Gasteiger partial charge in [0.2, 0.25) is 5.91 Å². The van der Waals surface area contributed by atoms with Gasteiger partial charge in [0.05, 0.1) is 0 Å². The van der Waals surface area contributed by atoms with Crippen molar-refractivity contribution in [3.63, 3.8) is 0 Å². The van der Waals surface area contributed by atoms with Crippen molar-refractivity contribution in [1.82, 2.24) is 9.47 Å². The lowest BCUT2D eigenvalue weighted by Gasteiger charge is -2.30. The molecule has 1 amide bonds. The molecule has 1 unspecified atom stereocenters. The highest BCUT2D eigenvalue weighted by Crippen LogP contribution is 2.35. The summed E-state index contributed by atoms with van der Waals surface area (Å²) in [6.07, 6.45) is 3.62. The van der Waals surface area contributed by atoms with E-state index >= 15 is 0 Å². The van der Waals surface area contributed by atoms with Gasteiger partial charge in [0.15, 0.2) is 0 Å². The van der Waals surface area contributed by atoms with E-state index in [-0.39, 0.29) is 11.8 Å². The molecule has 4 aromatic rings. The Labute approximate surface area is 183 Å². The molecule has 1 aromatic heterocycles. The topological polar surface area (TPSA) is 25.2 Å². The maximum Gasteiger partial charge on any atom is 0.223 e. The Morgan fingerprint density at radius 3 is 2.45 bits per heavy atom. The smallest absolute Gasteiger partial charge is 0.223 e. The van der Waals surface area contributed by atoms with E-state index in [1.54, 1.807) is 0 Å². The predicted octanol–water partition coefficient (Wildman–Crippen LogP) is 5.59. The molecule has 156 valence electrons. The number of aromatic nitrogens is 1. The number of aryl methyl sites for hydroxylation is 2. The summed E-state index contributed by atoms with van der Waals surface area (Å²) in [4.78, 5) is 15.5. The van der Waals surface area contributed by atoms with Gasteiger partial charge >= 0.3 is 0 Å². The second kappa shape index (κ2) is 8.07. The van der Waals surface area contributed by atoms with Gasteiger partial charge in [-0.25, -0.2) is 0 Å². The molecular formula is C28H28N2O. The van der Waals surface area contributed by atoms with Crippen molar-refractivity contribution in [3.05, 3.63) is 107 Å². The first-order chi connectivity index (χ1) is 15.1. The molecule has 1 aliphatic heterocycles. The first kappa shape index (κ1) is 19.6. The Balaban J connectivity index is 1.49. The van der Waals surface area contributed by atoms with Crippen LogP contribution in [-0.2, 0) is 24.8 Å². The number of benzene rings is 3. The van der Waals surface area contributed by atoms with Gasteiger partial charge in [0.25, 0.3) is 0 Å². The van der Waals surface area contributed by atoms with E-state index in [0.717, 1.165) is 13.0 Å². The zero-order valence-electron chi connectivity index (χ0n) is 18.2. The Morgan fingerprint density at radius 2 is 1.65 bits per heavy atom. The molecule has 3 nitrogen and oxygen atoms in total. The van der Waals surface area contributed by atoms with Gasteiger partial charge in [-0.3, -0.25) is 4.79 Å². The molecule has 1 atom stereocenters. The molecular weight excluding hydrogens is 380 g/mol. The van der Waals surface area contributed by atoms with Crippen LogP contribution in [0.3, 0.4) is 0 Å². The van der Waals surface area contributed by atoms with Crippen LogP contribution in [0.1, 0.15) is 40.2 Å². The predicted molar refractivity (Wildman–Crippen MR) is 126 cm³/mol. The van der Waals surface area contributed by atoms with E-state index in [2.05, 4.69) is 97.5 Å². The number of hydrogen-bond donors (Lipinski definition) is 0. The van der Waals surface area contributed by atoms with Crippen LogP contribution in [0.4, 0.5) is 0 Å². The fourth-order valence-electron chi connectivity index (χ4n) is 4.87. The number of hydrogen-bond acceptors (Lipinski definition) is 1. The first-order valence-electron chi connectivity index (χ1n) is 11.1. The minimum Gasteiger partial charge on any atom is -0.350 e. The molecule has 0 bridgehead atoms. The summed E-state index contributed by atoms with van der Waals surface area (Å²) >= 11 is 0. The lowest BCUT2D eigenvalue weighted by molar-refractivity contribution is -0.132. The highest BCUT2D eigenvalue weighted by atomic mass is 16.2. The summed E-state index contributed by atoms with van der Waals surface area (Å²) in [5.74, 6) is 0.268. The summed E-state index contributed by atoms with van der Waals surface area (Å²) < 4.78 is 2.17. The quantitative estimate of drug-likeness (QED) is 0.432. The molecule has 0 spiro atoms. The zero-order valence-corrected chi connectivity index (χ0v) is 18.2. The lowest BCUT2D eigenvalue weighted by Crippen LogP contribution is -2.36. The number of nitrogens with zero attached hydrogens (tertiary/aromatic N) is 2. The molecule has 0 saturated carbocycles. The number of rotatable bonds is 4. The van der Waals surface area contributed by atoms with E-state index in [4.69, 9.17) is 0 Å². The average Bonchev–Trinajstić information content (AvgIpc) is 3.14.